The molecule has 2 heterocycles. The summed E-state index contributed by atoms with van der Waals surface area (Å²) in [6.07, 6.45) is 4.21. The van der Waals surface area contributed by atoms with Crippen LogP contribution >= 0.6 is 0 Å². The lowest BCUT2D eigenvalue weighted by atomic mass is 10.0. The molecule has 0 fully saturated rings. The zero-order valence-electron chi connectivity index (χ0n) is 15.8. The van der Waals surface area contributed by atoms with Gasteiger partial charge in [-0.1, -0.05) is 0 Å². The molecule has 2 aromatic carbocycles. The van der Waals surface area contributed by atoms with Crippen molar-refractivity contribution < 1.29 is 23.8 Å². The third-order valence-electron chi connectivity index (χ3n) is 4.64. The highest BCUT2D eigenvalue weighted by Gasteiger charge is 2.21. The molecular formula is C22H21NO5. The molecule has 2 aromatic rings. The molecule has 6 nitrogen and oxygen atoms in total. The lowest BCUT2D eigenvalue weighted by Crippen LogP contribution is -2.25. The van der Waals surface area contributed by atoms with Crippen LogP contribution in [-0.4, -0.2) is 31.0 Å². The van der Waals surface area contributed by atoms with Gasteiger partial charge in [-0.2, -0.15) is 0 Å². The molecule has 1 unspecified atom stereocenters. The Bertz CT molecular complexity index is 979. The number of hydrogen-bond acceptors (Lipinski definition) is 5. The summed E-state index contributed by atoms with van der Waals surface area (Å²) < 4.78 is 16.9. The number of carbonyl (C=O) groups excluding carboxylic acids is 2. The zero-order valence-corrected chi connectivity index (χ0v) is 15.8. The smallest absolute Gasteiger partial charge is 0.262 e. The Labute approximate surface area is 163 Å². The third kappa shape index (κ3) is 3.58. The lowest BCUT2D eigenvalue weighted by molar-refractivity contribution is -0.118. The maximum Gasteiger partial charge on any atom is 0.262 e. The van der Waals surface area contributed by atoms with Gasteiger partial charge in [0.2, 0.25) is 0 Å². The van der Waals surface area contributed by atoms with Crippen LogP contribution in [0.2, 0.25) is 0 Å². The third-order valence-corrected chi connectivity index (χ3v) is 4.64. The zero-order chi connectivity index (χ0) is 19.7. The Balaban J connectivity index is 1.59. The van der Waals surface area contributed by atoms with Crippen molar-refractivity contribution in [1.82, 2.24) is 0 Å². The van der Waals surface area contributed by atoms with E-state index in [-0.39, 0.29) is 24.4 Å². The summed E-state index contributed by atoms with van der Waals surface area (Å²) in [5.41, 5.74) is 2.87. The predicted octanol–water partition coefficient (Wildman–Crippen LogP) is 3.64. The van der Waals surface area contributed by atoms with Crippen molar-refractivity contribution >= 4 is 23.5 Å². The molecule has 0 saturated carbocycles. The monoisotopic (exact) mass is 379 g/mol. The van der Waals surface area contributed by atoms with Crippen LogP contribution in [0, 0.1) is 0 Å². The highest BCUT2D eigenvalue weighted by Crippen LogP contribution is 2.36. The second-order valence-electron chi connectivity index (χ2n) is 6.81. The fraction of sp³-hybridized carbons (Fsp3) is 0.273. The summed E-state index contributed by atoms with van der Waals surface area (Å²) in [7, 11) is 0. The van der Waals surface area contributed by atoms with Crippen molar-refractivity contribution in [3.05, 3.63) is 53.1 Å². The first-order chi connectivity index (χ1) is 13.5. The van der Waals surface area contributed by atoms with Crippen LogP contribution in [0.1, 0.15) is 35.3 Å². The molecule has 0 aromatic heterocycles. The van der Waals surface area contributed by atoms with Gasteiger partial charge in [0.1, 0.15) is 23.4 Å². The van der Waals surface area contributed by atoms with Gasteiger partial charge in [0, 0.05) is 23.1 Å². The molecule has 0 spiro atoms. The van der Waals surface area contributed by atoms with E-state index in [0.717, 1.165) is 29.0 Å². The largest absolute Gasteiger partial charge is 0.493 e. The Kier molecular flexibility index (Phi) is 4.77. The number of ketones is 1. The Hall–Kier alpha value is -3.28. The van der Waals surface area contributed by atoms with Crippen molar-refractivity contribution in [3.8, 4) is 17.2 Å². The van der Waals surface area contributed by atoms with E-state index in [1.807, 2.05) is 26.0 Å². The molecule has 6 heteroatoms. The van der Waals surface area contributed by atoms with Crippen LogP contribution in [-0.2, 0) is 11.2 Å². The molecule has 0 saturated heterocycles. The molecule has 0 radical (unpaired) electrons. The number of amides is 1. The number of fused-ring (bicyclic) bond motifs is 2. The number of benzene rings is 2. The van der Waals surface area contributed by atoms with Crippen LogP contribution in [0.3, 0.4) is 0 Å². The van der Waals surface area contributed by atoms with E-state index in [4.69, 9.17) is 14.2 Å². The van der Waals surface area contributed by atoms with E-state index in [0.29, 0.717) is 23.6 Å². The van der Waals surface area contributed by atoms with Gasteiger partial charge in [-0.25, -0.2) is 0 Å². The number of hydrogen-bond donors (Lipinski definition) is 1. The number of nitrogens with one attached hydrogen (secondary N) is 1. The van der Waals surface area contributed by atoms with Gasteiger partial charge in [-0.05, 0) is 56.3 Å². The van der Waals surface area contributed by atoms with Crippen molar-refractivity contribution in [2.24, 2.45) is 0 Å². The molecule has 2 aliphatic rings. The second-order valence-corrected chi connectivity index (χ2v) is 6.81. The predicted molar refractivity (Wildman–Crippen MR) is 105 cm³/mol. The van der Waals surface area contributed by atoms with E-state index in [1.54, 1.807) is 24.3 Å². The van der Waals surface area contributed by atoms with Gasteiger partial charge in [0.05, 0.1) is 12.3 Å². The fourth-order valence-corrected chi connectivity index (χ4v) is 3.36. The normalized spacial score (nSPS) is 17.4. The van der Waals surface area contributed by atoms with Gasteiger partial charge in [-0.3, -0.25) is 9.59 Å². The SMILES string of the molecule is CCOc1cc2c(cc1C=CC(=O)c1ccc3c(c1)NC(=O)CO3)OC(C)C2. The lowest BCUT2D eigenvalue weighted by Gasteiger charge is -2.18. The highest BCUT2D eigenvalue weighted by atomic mass is 16.5. The van der Waals surface area contributed by atoms with Crippen LogP contribution in [0.5, 0.6) is 17.2 Å². The van der Waals surface area contributed by atoms with Gasteiger partial charge < -0.3 is 19.5 Å². The summed E-state index contributed by atoms with van der Waals surface area (Å²) in [6.45, 7) is 4.47. The van der Waals surface area contributed by atoms with Crippen LogP contribution in [0.15, 0.2) is 36.4 Å². The molecule has 0 bridgehead atoms. The summed E-state index contributed by atoms with van der Waals surface area (Å²) in [5, 5.41) is 2.71. The molecule has 2 aliphatic heterocycles. The minimum atomic E-state index is -0.235. The molecule has 28 heavy (non-hydrogen) atoms. The highest BCUT2D eigenvalue weighted by molar-refractivity contribution is 6.08. The number of carbonyl (C=O) groups is 2. The van der Waals surface area contributed by atoms with Crippen molar-refractivity contribution in [1.29, 1.82) is 0 Å². The summed E-state index contributed by atoms with van der Waals surface area (Å²) >= 11 is 0. The van der Waals surface area contributed by atoms with E-state index in [2.05, 4.69) is 5.32 Å². The van der Waals surface area contributed by atoms with Gasteiger partial charge >= 0.3 is 0 Å². The van der Waals surface area contributed by atoms with E-state index in [1.165, 1.54) is 6.08 Å². The van der Waals surface area contributed by atoms with Gasteiger partial charge in [0.25, 0.3) is 5.91 Å². The quantitative estimate of drug-likeness (QED) is 0.634. The standard InChI is InChI=1S/C22H21NO5/c1-3-26-20-11-16-8-13(2)28-21(16)10-15(20)4-6-18(24)14-5-7-19-17(9-14)23-22(25)12-27-19/h4-7,9-11,13H,3,8,12H2,1-2H3,(H,23,25). The van der Waals surface area contributed by atoms with Gasteiger partial charge in [0.15, 0.2) is 12.4 Å². The molecular weight excluding hydrogens is 358 g/mol. The molecule has 1 N–H and O–H groups in total. The van der Waals surface area contributed by atoms with Crippen molar-refractivity contribution in [2.75, 3.05) is 18.5 Å². The number of anilines is 1. The average Bonchev–Trinajstić information content (AvgIpc) is 3.04. The number of ether oxygens (including phenoxy) is 3. The van der Waals surface area contributed by atoms with Crippen molar-refractivity contribution in [3.63, 3.8) is 0 Å². The van der Waals surface area contributed by atoms with Crippen molar-refractivity contribution in [2.45, 2.75) is 26.4 Å². The minimum Gasteiger partial charge on any atom is -0.493 e. The maximum atomic E-state index is 12.6. The fourth-order valence-electron chi connectivity index (χ4n) is 3.36. The first kappa shape index (κ1) is 18.1. The molecule has 1 amide bonds. The summed E-state index contributed by atoms with van der Waals surface area (Å²) in [6, 6.07) is 8.88. The van der Waals surface area contributed by atoms with Crippen LogP contribution in [0.25, 0.3) is 6.08 Å². The maximum absolute atomic E-state index is 12.6. The second kappa shape index (κ2) is 7.38. The number of allylic oxidation sites excluding steroid dienone is 1. The minimum absolute atomic E-state index is 0.0145. The van der Waals surface area contributed by atoms with Crippen LogP contribution in [0.4, 0.5) is 5.69 Å². The average molecular weight is 379 g/mol. The Morgan fingerprint density at radius 3 is 2.96 bits per heavy atom. The summed E-state index contributed by atoms with van der Waals surface area (Å²) in [5.74, 6) is 1.70. The topological polar surface area (TPSA) is 73.9 Å². The van der Waals surface area contributed by atoms with Crippen LogP contribution < -0.4 is 19.5 Å². The first-order valence-electron chi connectivity index (χ1n) is 9.29. The van der Waals surface area contributed by atoms with E-state index in [9.17, 15) is 9.59 Å². The Morgan fingerprint density at radius 1 is 1.29 bits per heavy atom. The first-order valence-corrected chi connectivity index (χ1v) is 9.29. The molecule has 4 rings (SSSR count). The van der Waals surface area contributed by atoms with E-state index < -0.39 is 0 Å². The van der Waals surface area contributed by atoms with Gasteiger partial charge in [-0.15, -0.1) is 0 Å². The molecule has 144 valence electrons. The van der Waals surface area contributed by atoms with E-state index >= 15 is 0 Å². The number of rotatable bonds is 5. The molecule has 0 aliphatic carbocycles. The Morgan fingerprint density at radius 2 is 2.14 bits per heavy atom. The molecule has 1 atom stereocenters. The summed E-state index contributed by atoms with van der Waals surface area (Å²) in [4.78, 5) is 24.1.